The summed E-state index contributed by atoms with van der Waals surface area (Å²) in [5.41, 5.74) is 14.3. The van der Waals surface area contributed by atoms with Gasteiger partial charge in [-0.15, -0.1) is 0 Å². The van der Waals surface area contributed by atoms with E-state index in [-0.39, 0.29) is 0 Å². The van der Waals surface area contributed by atoms with E-state index in [1.165, 1.54) is 49.2 Å². The lowest BCUT2D eigenvalue weighted by atomic mass is 10.0. The smallest absolute Gasteiger partial charge is 0.235 e. The maximum absolute atomic E-state index is 5.42. The van der Waals surface area contributed by atoms with Crippen LogP contribution in [0.3, 0.4) is 0 Å². The highest BCUT2D eigenvalue weighted by atomic mass is 15.2. The summed E-state index contributed by atoms with van der Waals surface area (Å²) in [6.45, 7) is 0. The quantitative estimate of drug-likeness (QED) is 0.175. The molecule has 13 rings (SSSR count). The summed E-state index contributed by atoms with van der Waals surface area (Å²) in [7, 11) is 0. The third-order valence-electron chi connectivity index (χ3n) is 12.5. The normalized spacial score (nSPS) is 11.9. The molecule has 0 aliphatic rings. The van der Waals surface area contributed by atoms with Gasteiger partial charge in [0.1, 0.15) is 0 Å². The predicted octanol–water partition coefficient (Wildman–Crippen LogP) is 14.3. The Morgan fingerprint density at radius 1 is 0.262 bits per heavy atom. The fourth-order valence-electron chi connectivity index (χ4n) is 9.73. The van der Waals surface area contributed by atoms with Crippen LogP contribution in [0.5, 0.6) is 0 Å². The van der Waals surface area contributed by atoms with E-state index >= 15 is 0 Å². The number of rotatable bonds is 5. The Morgan fingerprint density at radius 3 is 1.36 bits per heavy atom. The van der Waals surface area contributed by atoms with Crippen molar-refractivity contribution in [2.24, 2.45) is 0 Å². The first kappa shape index (κ1) is 33.7. The molecule has 0 aliphatic heterocycles. The highest BCUT2D eigenvalue weighted by Gasteiger charge is 2.20. The molecule has 5 nitrogen and oxygen atoms in total. The molecule has 284 valence electrons. The Labute approximate surface area is 350 Å². The van der Waals surface area contributed by atoms with E-state index in [9.17, 15) is 0 Å². The highest BCUT2D eigenvalue weighted by Crippen LogP contribution is 2.39. The summed E-state index contributed by atoms with van der Waals surface area (Å²) < 4.78 is 6.96. The Morgan fingerprint density at radius 2 is 0.705 bits per heavy atom. The number of hydrogen-bond donors (Lipinski definition) is 0. The van der Waals surface area contributed by atoms with E-state index in [0.29, 0.717) is 5.95 Å². The lowest BCUT2D eigenvalue weighted by Gasteiger charge is -2.13. The van der Waals surface area contributed by atoms with E-state index in [0.717, 1.165) is 60.9 Å². The second-order valence-electron chi connectivity index (χ2n) is 15.8. The molecule has 0 spiro atoms. The molecule has 13 aromatic rings. The lowest BCUT2D eigenvalue weighted by Crippen LogP contribution is -2.03. The zero-order chi connectivity index (χ0) is 40.0. The van der Waals surface area contributed by atoms with Gasteiger partial charge in [-0.2, -0.15) is 0 Å². The van der Waals surface area contributed by atoms with Crippen molar-refractivity contribution in [1.82, 2.24) is 23.7 Å². The van der Waals surface area contributed by atoms with E-state index in [1.54, 1.807) is 0 Å². The Kier molecular flexibility index (Phi) is 7.24. The fourth-order valence-corrected chi connectivity index (χ4v) is 9.73. The van der Waals surface area contributed by atoms with Crippen LogP contribution in [0.2, 0.25) is 0 Å². The van der Waals surface area contributed by atoms with Crippen LogP contribution >= 0.6 is 0 Å². The summed E-state index contributed by atoms with van der Waals surface area (Å²) in [5, 5.41) is 8.33. The molecule has 0 saturated carbocycles. The molecule has 0 atom stereocenters. The van der Waals surface area contributed by atoms with Crippen LogP contribution in [0.1, 0.15) is 0 Å². The van der Waals surface area contributed by atoms with Gasteiger partial charge in [0, 0.05) is 54.6 Å². The minimum Gasteiger partial charge on any atom is -0.309 e. The number of nitrogens with zero attached hydrogens (tertiary/aromatic N) is 5. The van der Waals surface area contributed by atoms with E-state index in [4.69, 9.17) is 9.97 Å². The second-order valence-corrected chi connectivity index (χ2v) is 15.8. The molecule has 0 amide bonds. The molecular weight excluding hydrogens is 743 g/mol. The fraction of sp³-hybridized carbons (Fsp3) is 0. The zero-order valence-electron chi connectivity index (χ0n) is 32.9. The van der Waals surface area contributed by atoms with Gasteiger partial charge in [-0.3, -0.25) is 4.57 Å². The summed E-state index contributed by atoms with van der Waals surface area (Å²) in [6, 6.07) is 76.1. The number of aromatic nitrogens is 5. The minimum atomic E-state index is 0.646. The minimum absolute atomic E-state index is 0.646. The number of hydrogen-bond acceptors (Lipinski definition) is 2. The monoisotopic (exact) mass is 777 g/mol. The first-order valence-corrected chi connectivity index (χ1v) is 20.8. The zero-order valence-corrected chi connectivity index (χ0v) is 32.9. The largest absolute Gasteiger partial charge is 0.309 e. The van der Waals surface area contributed by atoms with Gasteiger partial charge in [0.05, 0.1) is 44.3 Å². The van der Waals surface area contributed by atoms with Gasteiger partial charge < -0.3 is 9.13 Å². The Hall–Kier alpha value is -8.28. The second kappa shape index (κ2) is 13.1. The number of para-hydroxylation sites is 6. The van der Waals surface area contributed by atoms with Crippen molar-refractivity contribution < 1.29 is 0 Å². The molecule has 0 saturated heterocycles. The van der Waals surface area contributed by atoms with Crippen LogP contribution in [0.4, 0.5) is 0 Å². The van der Waals surface area contributed by atoms with Gasteiger partial charge in [0.15, 0.2) is 0 Å². The van der Waals surface area contributed by atoms with Crippen LogP contribution in [0.25, 0.3) is 116 Å². The molecular formula is C56H35N5. The van der Waals surface area contributed by atoms with Crippen LogP contribution in [-0.2, 0) is 0 Å². The molecule has 0 fully saturated rings. The van der Waals surface area contributed by atoms with Gasteiger partial charge in [0.25, 0.3) is 0 Å². The Bertz CT molecular complexity index is 3820. The molecule has 9 aromatic carbocycles. The van der Waals surface area contributed by atoms with Crippen molar-refractivity contribution >= 4 is 76.3 Å². The average molecular weight is 778 g/mol. The van der Waals surface area contributed by atoms with Gasteiger partial charge >= 0.3 is 0 Å². The summed E-state index contributed by atoms with van der Waals surface area (Å²) in [5.74, 6) is 0.646. The van der Waals surface area contributed by atoms with Crippen molar-refractivity contribution in [2.75, 3.05) is 0 Å². The first-order chi connectivity index (χ1) is 30.3. The molecule has 5 heteroatoms. The molecule has 0 unspecified atom stereocenters. The van der Waals surface area contributed by atoms with Crippen LogP contribution < -0.4 is 0 Å². The Balaban J connectivity index is 0.962. The molecule has 4 aromatic heterocycles. The van der Waals surface area contributed by atoms with Crippen molar-refractivity contribution in [2.45, 2.75) is 0 Å². The molecule has 0 aliphatic carbocycles. The van der Waals surface area contributed by atoms with Gasteiger partial charge in [-0.05, 0) is 83.9 Å². The van der Waals surface area contributed by atoms with Crippen LogP contribution in [-0.4, -0.2) is 23.7 Å². The molecule has 0 bridgehead atoms. The highest BCUT2D eigenvalue weighted by molar-refractivity contribution is 6.13. The van der Waals surface area contributed by atoms with Gasteiger partial charge in [-0.25, -0.2) is 9.97 Å². The summed E-state index contributed by atoms with van der Waals surface area (Å²) >= 11 is 0. The van der Waals surface area contributed by atoms with E-state index in [2.05, 4.69) is 226 Å². The summed E-state index contributed by atoms with van der Waals surface area (Å²) in [4.78, 5) is 10.7. The van der Waals surface area contributed by atoms with Crippen LogP contribution in [0, 0.1) is 0 Å². The average Bonchev–Trinajstić information content (AvgIpc) is 3.97. The SMILES string of the molecule is c1ccc(-n2c3ccccc3c3ccc(-c4ccc5c(c4)c4ccccc4n5-c4nc(-c5ccc(-n6c7ccccc7c7ccccc76)cc5)c5ccccc5n4)cc32)cc1. The third-order valence-corrected chi connectivity index (χ3v) is 12.5. The number of fused-ring (bicyclic) bond motifs is 10. The summed E-state index contributed by atoms with van der Waals surface area (Å²) in [6.07, 6.45) is 0. The van der Waals surface area contributed by atoms with E-state index < -0.39 is 0 Å². The van der Waals surface area contributed by atoms with Crippen molar-refractivity contribution in [1.29, 1.82) is 0 Å². The van der Waals surface area contributed by atoms with Crippen molar-refractivity contribution in [3.8, 4) is 39.7 Å². The molecule has 61 heavy (non-hydrogen) atoms. The van der Waals surface area contributed by atoms with Gasteiger partial charge in [0.2, 0.25) is 5.95 Å². The maximum atomic E-state index is 5.42. The molecule has 0 N–H and O–H groups in total. The predicted molar refractivity (Wildman–Crippen MR) is 253 cm³/mol. The molecule has 0 radical (unpaired) electrons. The maximum Gasteiger partial charge on any atom is 0.235 e. The first-order valence-electron chi connectivity index (χ1n) is 20.8. The van der Waals surface area contributed by atoms with Crippen molar-refractivity contribution in [3.63, 3.8) is 0 Å². The lowest BCUT2D eigenvalue weighted by molar-refractivity contribution is 1.01. The third kappa shape index (κ3) is 5.08. The topological polar surface area (TPSA) is 40.6 Å². The van der Waals surface area contributed by atoms with Crippen molar-refractivity contribution in [3.05, 3.63) is 212 Å². The molecule has 4 heterocycles. The van der Waals surface area contributed by atoms with Gasteiger partial charge in [-0.1, -0.05) is 140 Å². The standard InChI is InChI=1S/C56H35N5/c1-2-14-39(15-3-1)60-51-24-12-7-18-43(51)45-32-28-38(35-54(45)60)37-29-33-53-47(34-37)44-19-8-13-25-52(44)61(53)56-57-48-21-9-4-20-46(48)55(58-56)36-26-30-40(31-27-36)59-49-22-10-5-16-41(49)42-17-6-11-23-50(42)59/h1-35H. The van der Waals surface area contributed by atoms with Crippen LogP contribution in [0.15, 0.2) is 212 Å². The van der Waals surface area contributed by atoms with E-state index in [1.807, 2.05) is 0 Å². The number of benzene rings is 9.